The van der Waals surface area contributed by atoms with Crippen LogP contribution in [0.3, 0.4) is 0 Å². The summed E-state index contributed by atoms with van der Waals surface area (Å²) in [7, 11) is 0. The van der Waals surface area contributed by atoms with Gasteiger partial charge in [-0.2, -0.15) is 0 Å². The number of hydrogen-bond donors (Lipinski definition) is 0. The van der Waals surface area contributed by atoms with Crippen molar-refractivity contribution < 1.29 is 4.79 Å². The average Bonchev–Trinajstić information content (AvgIpc) is 2.76. The van der Waals surface area contributed by atoms with E-state index in [1.54, 1.807) is 0 Å². The van der Waals surface area contributed by atoms with Crippen LogP contribution >= 0.6 is 0 Å². The highest BCUT2D eigenvalue weighted by atomic mass is 16.2. The fourth-order valence-corrected chi connectivity index (χ4v) is 1.43. The molecule has 2 heteroatoms. The lowest BCUT2D eigenvalue weighted by molar-refractivity contribution is 0.0861. The minimum Gasteiger partial charge on any atom is -0.329 e. The second kappa shape index (κ2) is 2.59. The number of carbonyl (C=O) groups excluding carboxylic acids is 1. The van der Waals surface area contributed by atoms with Crippen molar-refractivity contribution in [3.05, 3.63) is 35.9 Å². The summed E-state index contributed by atoms with van der Waals surface area (Å²) in [5.74, 6) is 0.144. The standard InChI is InChI=1S/C11H13NO/c1-11(2)8-12(11)10(13)9-6-4-3-5-7-9/h3-7H,8H2,1-2H3. The van der Waals surface area contributed by atoms with Crippen molar-refractivity contribution in [2.24, 2.45) is 0 Å². The zero-order valence-electron chi connectivity index (χ0n) is 7.95. The Kier molecular flexibility index (Phi) is 1.65. The Morgan fingerprint density at radius 2 is 1.85 bits per heavy atom. The van der Waals surface area contributed by atoms with E-state index in [2.05, 4.69) is 13.8 Å². The van der Waals surface area contributed by atoms with E-state index >= 15 is 0 Å². The van der Waals surface area contributed by atoms with Crippen LogP contribution in [-0.2, 0) is 0 Å². The molecule has 1 aromatic rings. The van der Waals surface area contributed by atoms with Crippen LogP contribution in [0.25, 0.3) is 0 Å². The topological polar surface area (TPSA) is 20.1 Å². The third-order valence-electron chi connectivity index (χ3n) is 2.44. The molecule has 13 heavy (non-hydrogen) atoms. The van der Waals surface area contributed by atoms with E-state index in [-0.39, 0.29) is 11.4 Å². The van der Waals surface area contributed by atoms with Gasteiger partial charge in [0.2, 0.25) is 0 Å². The maximum atomic E-state index is 11.7. The highest BCUT2D eigenvalue weighted by molar-refractivity contribution is 5.96. The molecule has 0 bridgehead atoms. The first-order valence-electron chi connectivity index (χ1n) is 4.48. The van der Waals surface area contributed by atoms with Gasteiger partial charge in [-0.1, -0.05) is 18.2 Å². The average molecular weight is 175 g/mol. The molecular weight excluding hydrogens is 162 g/mol. The maximum absolute atomic E-state index is 11.7. The summed E-state index contributed by atoms with van der Waals surface area (Å²) >= 11 is 0. The molecule has 68 valence electrons. The van der Waals surface area contributed by atoms with Crippen LogP contribution in [0.4, 0.5) is 0 Å². The van der Waals surface area contributed by atoms with E-state index < -0.39 is 0 Å². The van der Waals surface area contributed by atoms with Crippen molar-refractivity contribution in [3.8, 4) is 0 Å². The highest BCUT2D eigenvalue weighted by Gasteiger charge is 2.46. The molecule has 1 amide bonds. The van der Waals surface area contributed by atoms with Crippen LogP contribution in [0.5, 0.6) is 0 Å². The van der Waals surface area contributed by atoms with Gasteiger partial charge in [-0.25, -0.2) is 0 Å². The third kappa shape index (κ3) is 1.44. The first kappa shape index (κ1) is 8.30. The van der Waals surface area contributed by atoms with E-state index in [9.17, 15) is 4.79 Å². The summed E-state index contributed by atoms with van der Waals surface area (Å²) in [5.41, 5.74) is 0.862. The number of benzene rings is 1. The van der Waals surface area contributed by atoms with Crippen LogP contribution in [0.2, 0.25) is 0 Å². The summed E-state index contributed by atoms with van der Waals surface area (Å²) in [4.78, 5) is 13.6. The second-order valence-electron chi connectivity index (χ2n) is 4.07. The number of nitrogens with zero attached hydrogens (tertiary/aromatic N) is 1. The highest BCUT2D eigenvalue weighted by Crippen LogP contribution is 2.32. The largest absolute Gasteiger partial charge is 0.329 e. The summed E-state index contributed by atoms with van der Waals surface area (Å²) in [6, 6.07) is 9.42. The Labute approximate surface area is 78.2 Å². The zero-order chi connectivity index (χ0) is 9.47. The quantitative estimate of drug-likeness (QED) is 0.597. The summed E-state index contributed by atoms with van der Waals surface area (Å²) in [6.45, 7) is 5.03. The molecular formula is C11H13NO. The number of rotatable bonds is 1. The van der Waals surface area contributed by atoms with Crippen LogP contribution in [0, 0.1) is 0 Å². The van der Waals surface area contributed by atoms with Crippen molar-refractivity contribution >= 4 is 5.91 Å². The SMILES string of the molecule is CC1(C)CN1C(=O)c1ccccc1. The molecule has 1 saturated heterocycles. The van der Waals surface area contributed by atoms with Crippen molar-refractivity contribution in [2.75, 3.05) is 6.54 Å². The van der Waals surface area contributed by atoms with E-state index in [1.807, 2.05) is 35.2 Å². The Morgan fingerprint density at radius 3 is 2.31 bits per heavy atom. The second-order valence-corrected chi connectivity index (χ2v) is 4.07. The van der Waals surface area contributed by atoms with E-state index in [4.69, 9.17) is 0 Å². The lowest BCUT2D eigenvalue weighted by Gasteiger charge is -2.06. The summed E-state index contributed by atoms with van der Waals surface area (Å²) in [6.07, 6.45) is 0. The van der Waals surface area contributed by atoms with Crippen molar-refractivity contribution in [3.63, 3.8) is 0 Å². The molecule has 0 aliphatic carbocycles. The van der Waals surface area contributed by atoms with Gasteiger partial charge in [0.1, 0.15) is 0 Å². The molecule has 0 saturated carbocycles. The Balaban J connectivity index is 2.17. The first-order chi connectivity index (χ1) is 6.11. The molecule has 0 atom stereocenters. The first-order valence-corrected chi connectivity index (χ1v) is 4.48. The molecule has 2 rings (SSSR count). The molecule has 0 radical (unpaired) electrons. The predicted octanol–water partition coefficient (Wildman–Crippen LogP) is 1.92. The van der Waals surface area contributed by atoms with Gasteiger partial charge in [-0.3, -0.25) is 4.79 Å². The van der Waals surface area contributed by atoms with Gasteiger partial charge in [-0.05, 0) is 26.0 Å². The van der Waals surface area contributed by atoms with Gasteiger partial charge >= 0.3 is 0 Å². The van der Waals surface area contributed by atoms with Gasteiger partial charge in [0.15, 0.2) is 0 Å². The van der Waals surface area contributed by atoms with Crippen LogP contribution < -0.4 is 0 Å². The summed E-state index contributed by atoms with van der Waals surface area (Å²) < 4.78 is 0. The number of hydrogen-bond acceptors (Lipinski definition) is 1. The van der Waals surface area contributed by atoms with Gasteiger partial charge < -0.3 is 4.90 Å². The number of carbonyl (C=O) groups is 1. The molecule has 0 N–H and O–H groups in total. The molecule has 1 aliphatic rings. The molecule has 0 unspecified atom stereocenters. The van der Waals surface area contributed by atoms with Gasteiger partial charge in [0, 0.05) is 12.1 Å². The minimum absolute atomic E-state index is 0.0763. The number of amides is 1. The fraction of sp³-hybridized carbons (Fsp3) is 0.364. The van der Waals surface area contributed by atoms with Crippen molar-refractivity contribution in [2.45, 2.75) is 19.4 Å². The smallest absolute Gasteiger partial charge is 0.254 e. The van der Waals surface area contributed by atoms with Gasteiger partial charge in [0.05, 0.1) is 5.54 Å². The summed E-state index contributed by atoms with van der Waals surface area (Å²) in [5, 5.41) is 0. The minimum atomic E-state index is 0.0763. The molecule has 1 fully saturated rings. The Hall–Kier alpha value is -1.31. The lowest BCUT2D eigenvalue weighted by atomic mass is 10.2. The van der Waals surface area contributed by atoms with Crippen molar-refractivity contribution in [1.29, 1.82) is 0 Å². The van der Waals surface area contributed by atoms with E-state index in [1.165, 1.54) is 0 Å². The Bertz CT molecular complexity index is 329. The van der Waals surface area contributed by atoms with Crippen LogP contribution in [0.1, 0.15) is 24.2 Å². The molecule has 1 heterocycles. The van der Waals surface area contributed by atoms with Crippen LogP contribution in [-0.4, -0.2) is 22.9 Å². The van der Waals surface area contributed by atoms with E-state index in [0.717, 1.165) is 12.1 Å². The van der Waals surface area contributed by atoms with Crippen LogP contribution in [0.15, 0.2) is 30.3 Å². The molecule has 1 aliphatic heterocycles. The lowest BCUT2D eigenvalue weighted by Crippen LogP contribution is -2.17. The monoisotopic (exact) mass is 175 g/mol. The van der Waals surface area contributed by atoms with Gasteiger partial charge in [-0.15, -0.1) is 0 Å². The molecule has 0 spiro atoms. The Morgan fingerprint density at radius 1 is 1.31 bits per heavy atom. The van der Waals surface area contributed by atoms with Gasteiger partial charge in [0.25, 0.3) is 5.91 Å². The van der Waals surface area contributed by atoms with E-state index in [0.29, 0.717) is 0 Å². The van der Waals surface area contributed by atoms with Crippen molar-refractivity contribution in [1.82, 2.24) is 4.90 Å². The fourth-order valence-electron chi connectivity index (χ4n) is 1.43. The normalized spacial score (nSPS) is 18.5. The maximum Gasteiger partial charge on any atom is 0.254 e. The molecule has 1 aromatic carbocycles. The zero-order valence-corrected chi connectivity index (χ0v) is 7.95. The molecule has 0 aromatic heterocycles. The predicted molar refractivity (Wildman–Crippen MR) is 51.6 cm³/mol. The molecule has 2 nitrogen and oxygen atoms in total. The third-order valence-corrected chi connectivity index (χ3v) is 2.44.